The highest BCUT2D eigenvalue weighted by Gasteiger charge is 2.27. The Labute approximate surface area is 161 Å². The second-order valence-corrected chi connectivity index (χ2v) is 6.19. The summed E-state index contributed by atoms with van der Waals surface area (Å²) in [5.41, 5.74) is 0.588. The third-order valence-electron chi connectivity index (χ3n) is 4.50. The molecule has 28 heavy (non-hydrogen) atoms. The van der Waals surface area contributed by atoms with E-state index in [1.165, 1.54) is 30.2 Å². The van der Waals surface area contributed by atoms with Gasteiger partial charge >= 0.3 is 6.61 Å². The van der Waals surface area contributed by atoms with Crippen molar-refractivity contribution in [2.45, 2.75) is 6.61 Å². The zero-order chi connectivity index (χ0) is 20.1. The molecule has 0 saturated carbocycles. The number of carbonyl (C=O) groups excluding carboxylic acids is 2. The first-order valence-electron chi connectivity index (χ1n) is 8.76. The number of carbonyl (C=O) groups is 2. The number of para-hydroxylation sites is 1. The third kappa shape index (κ3) is 4.39. The summed E-state index contributed by atoms with van der Waals surface area (Å²) in [5, 5.41) is 0. The molecule has 1 aliphatic rings. The summed E-state index contributed by atoms with van der Waals surface area (Å²) in [6, 6.07) is 12.8. The zero-order valence-electron chi connectivity index (χ0n) is 15.3. The first kappa shape index (κ1) is 19.6. The van der Waals surface area contributed by atoms with Crippen LogP contribution in [-0.4, -0.2) is 61.5 Å². The Bertz CT molecular complexity index is 852. The average Bonchev–Trinajstić information content (AvgIpc) is 2.73. The third-order valence-corrected chi connectivity index (χ3v) is 4.50. The largest absolute Gasteiger partial charge is 0.497 e. The van der Waals surface area contributed by atoms with Crippen LogP contribution in [0.3, 0.4) is 0 Å². The molecule has 0 radical (unpaired) electrons. The van der Waals surface area contributed by atoms with Crippen LogP contribution in [0.25, 0.3) is 0 Å². The molecule has 0 aromatic heterocycles. The van der Waals surface area contributed by atoms with Gasteiger partial charge in [-0.15, -0.1) is 0 Å². The second-order valence-electron chi connectivity index (χ2n) is 6.19. The van der Waals surface area contributed by atoms with Crippen LogP contribution in [0.5, 0.6) is 11.5 Å². The molecular weight excluding hydrogens is 370 g/mol. The minimum Gasteiger partial charge on any atom is -0.497 e. The van der Waals surface area contributed by atoms with E-state index in [1.54, 1.807) is 35.2 Å². The molecule has 1 fully saturated rings. The highest BCUT2D eigenvalue weighted by Crippen LogP contribution is 2.23. The van der Waals surface area contributed by atoms with Crippen molar-refractivity contribution in [3.63, 3.8) is 0 Å². The van der Waals surface area contributed by atoms with Crippen molar-refractivity contribution < 1.29 is 27.8 Å². The molecule has 6 nitrogen and oxygen atoms in total. The predicted molar refractivity (Wildman–Crippen MR) is 97.9 cm³/mol. The van der Waals surface area contributed by atoms with E-state index in [-0.39, 0.29) is 17.2 Å². The van der Waals surface area contributed by atoms with Crippen molar-refractivity contribution in [3.8, 4) is 11.5 Å². The van der Waals surface area contributed by atoms with Gasteiger partial charge < -0.3 is 19.3 Å². The van der Waals surface area contributed by atoms with Gasteiger partial charge in [-0.05, 0) is 30.3 Å². The van der Waals surface area contributed by atoms with E-state index in [9.17, 15) is 18.4 Å². The minimum atomic E-state index is -3.01. The molecule has 2 aromatic rings. The molecule has 0 unspecified atom stereocenters. The Morgan fingerprint density at radius 2 is 1.57 bits per heavy atom. The van der Waals surface area contributed by atoms with Gasteiger partial charge in [-0.2, -0.15) is 8.78 Å². The van der Waals surface area contributed by atoms with Crippen molar-refractivity contribution in [1.29, 1.82) is 0 Å². The topological polar surface area (TPSA) is 59.1 Å². The molecule has 148 valence electrons. The van der Waals surface area contributed by atoms with E-state index in [0.717, 1.165) is 0 Å². The van der Waals surface area contributed by atoms with Gasteiger partial charge in [0.1, 0.15) is 11.5 Å². The molecule has 8 heteroatoms. The molecule has 2 aromatic carbocycles. The van der Waals surface area contributed by atoms with Crippen LogP contribution in [0.2, 0.25) is 0 Å². The second kappa shape index (κ2) is 8.69. The summed E-state index contributed by atoms with van der Waals surface area (Å²) in [5.74, 6) is -0.107. The lowest BCUT2D eigenvalue weighted by molar-refractivity contribution is -0.0503. The Hall–Kier alpha value is -3.16. The quantitative estimate of drug-likeness (QED) is 0.788. The summed E-state index contributed by atoms with van der Waals surface area (Å²) in [7, 11) is 1.53. The molecular formula is C20H20F2N2O4. The van der Waals surface area contributed by atoms with Crippen LogP contribution in [0, 0.1) is 0 Å². The maximum atomic E-state index is 12.7. The predicted octanol–water partition coefficient (Wildman–Crippen LogP) is 2.89. The number of benzene rings is 2. The zero-order valence-corrected chi connectivity index (χ0v) is 15.3. The van der Waals surface area contributed by atoms with Crippen LogP contribution in [0.4, 0.5) is 8.78 Å². The van der Waals surface area contributed by atoms with Crippen molar-refractivity contribution >= 4 is 11.8 Å². The number of piperazine rings is 1. The van der Waals surface area contributed by atoms with Gasteiger partial charge in [-0.3, -0.25) is 9.59 Å². The van der Waals surface area contributed by atoms with Crippen molar-refractivity contribution in [2.24, 2.45) is 0 Å². The smallest absolute Gasteiger partial charge is 0.387 e. The lowest BCUT2D eigenvalue weighted by Crippen LogP contribution is -2.50. The fourth-order valence-corrected chi connectivity index (χ4v) is 3.06. The number of methoxy groups -OCH3 is 1. The molecule has 0 bridgehead atoms. The van der Waals surface area contributed by atoms with Crippen LogP contribution in [-0.2, 0) is 0 Å². The number of halogens is 2. The molecule has 0 atom stereocenters. The molecule has 1 aliphatic heterocycles. The number of rotatable bonds is 5. The summed E-state index contributed by atoms with van der Waals surface area (Å²) in [6.45, 7) is -1.71. The molecule has 0 spiro atoms. The molecule has 0 N–H and O–H groups in total. The minimum absolute atomic E-state index is 0.0790. The first-order valence-corrected chi connectivity index (χ1v) is 8.76. The molecule has 1 saturated heterocycles. The van der Waals surface area contributed by atoms with Crippen LogP contribution >= 0.6 is 0 Å². The van der Waals surface area contributed by atoms with E-state index in [1.807, 2.05) is 0 Å². The van der Waals surface area contributed by atoms with Gasteiger partial charge in [-0.25, -0.2) is 0 Å². The lowest BCUT2D eigenvalue weighted by Gasteiger charge is -2.35. The Kier molecular flexibility index (Phi) is 6.08. The summed E-state index contributed by atoms with van der Waals surface area (Å²) < 4.78 is 34.7. The van der Waals surface area contributed by atoms with Gasteiger partial charge in [0.15, 0.2) is 0 Å². The standard InChI is InChI=1S/C20H20F2N2O4/c1-27-15-6-4-5-14(13-15)18(25)23-9-11-24(12-10-23)19(26)16-7-2-3-8-17(16)28-20(21)22/h2-8,13,20H,9-12H2,1H3. The Morgan fingerprint density at radius 1 is 0.929 bits per heavy atom. The fraction of sp³-hybridized carbons (Fsp3) is 0.300. The summed E-state index contributed by atoms with van der Waals surface area (Å²) >= 11 is 0. The number of ether oxygens (including phenoxy) is 2. The van der Waals surface area contributed by atoms with Gasteiger partial charge in [0.2, 0.25) is 0 Å². The number of hydrogen-bond donors (Lipinski definition) is 0. The molecule has 3 rings (SSSR count). The van der Waals surface area contributed by atoms with E-state index in [2.05, 4.69) is 4.74 Å². The van der Waals surface area contributed by atoms with Crippen LogP contribution in [0.15, 0.2) is 48.5 Å². The molecule has 2 amide bonds. The van der Waals surface area contributed by atoms with E-state index in [4.69, 9.17) is 4.74 Å². The number of alkyl halides is 2. The van der Waals surface area contributed by atoms with Crippen molar-refractivity contribution in [1.82, 2.24) is 9.80 Å². The van der Waals surface area contributed by atoms with Gasteiger partial charge in [0, 0.05) is 31.7 Å². The number of hydrogen-bond acceptors (Lipinski definition) is 4. The van der Waals surface area contributed by atoms with Crippen LogP contribution in [0.1, 0.15) is 20.7 Å². The van der Waals surface area contributed by atoms with E-state index in [0.29, 0.717) is 37.5 Å². The number of amides is 2. The fourth-order valence-electron chi connectivity index (χ4n) is 3.06. The summed E-state index contributed by atoms with van der Waals surface area (Å²) in [6.07, 6.45) is 0. The van der Waals surface area contributed by atoms with Gasteiger partial charge in [0.25, 0.3) is 11.8 Å². The van der Waals surface area contributed by atoms with Crippen LogP contribution < -0.4 is 9.47 Å². The molecule has 1 heterocycles. The van der Waals surface area contributed by atoms with E-state index >= 15 is 0 Å². The van der Waals surface area contributed by atoms with Crippen molar-refractivity contribution in [2.75, 3.05) is 33.3 Å². The maximum Gasteiger partial charge on any atom is 0.387 e. The van der Waals surface area contributed by atoms with Crippen molar-refractivity contribution in [3.05, 3.63) is 59.7 Å². The normalized spacial score (nSPS) is 14.1. The highest BCUT2D eigenvalue weighted by molar-refractivity contribution is 5.97. The Morgan fingerprint density at radius 3 is 2.21 bits per heavy atom. The lowest BCUT2D eigenvalue weighted by atomic mass is 10.1. The monoisotopic (exact) mass is 390 g/mol. The maximum absolute atomic E-state index is 12.7. The Balaban J connectivity index is 1.65. The average molecular weight is 390 g/mol. The molecule has 0 aliphatic carbocycles. The number of nitrogens with zero attached hydrogens (tertiary/aromatic N) is 2. The highest BCUT2D eigenvalue weighted by atomic mass is 19.3. The van der Waals surface area contributed by atoms with Gasteiger partial charge in [-0.1, -0.05) is 18.2 Å². The summed E-state index contributed by atoms with van der Waals surface area (Å²) in [4.78, 5) is 28.6. The SMILES string of the molecule is COc1cccc(C(=O)N2CCN(C(=O)c3ccccc3OC(F)F)CC2)c1. The van der Waals surface area contributed by atoms with Gasteiger partial charge in [0.05, 0.1) is 12.7 Å². The van der Waals surface area contributed by atoms with E-state index < -0.39 is 12.5 Å². The first-order chi connectivity index (χ1) is 13.5.